The number of aliphatic hydroxyl groups excluding tert-OH is 1. The van der Waals surface area contributed by atoms with E-state index >= 15 is 0 Å². The molecule has 0 bridgehead atoms. The van der Waals surface area contributed by atoms with E-state index in [9.17, 15) is 5.11 Å². The van der Waals surface area contributed by atoms with Gasteiger partial charge in [0.25, 0.3) is 0 Å². The Morgan fingerprint density at radius 2 is 2.11 bits per heavy atom. The van der Waals surface area contributed by atoms with Crippen molar-refractivity contribution in [2.45, 2.75) is 57.1 Å². The first-order valence-electron chi connectivity index (χ1n) is 7.41. The fraction of sp³-hybridized carbons (Fsp3) is 0.750. The van der Waals surface area contributed by atoms with E-state index in [1.807, 2.05) is 0 Å². The molecule has 19 heavy (non-hydrogen) atoms. The van der Waals surface area contributed by atoms with Crippen LogP contribution in [-0.4, -0.2) is 35.7 Å². The van der Waals surface area contributed by atoms with Crippen LogP contribution in [0, 0.1) is 5.92 Å². The standard InChI is InChI=1S/C16H27NOS/c1-13-6-9-16(10-7-13,17(2)3)15(18)5-4-14-8-11-19-12-14/h8,11-13,15,18H,4-7,9-10H2,1-3H3. The average Bonchev–Trinajstić information content (AvgIpc) is 2.90. The molecule has 1 atom stereocenters. The van der Waals surface area contributed by atoms with E-state index in [-0.39, 0.29) is 11.6 Å². The van der Waals surface area contributed by atoms with Crippen molar-refractivity contribution in [3.05, 3.63) is 22.4 Å². The SMILES string of the molecule is CC1CCC(C(O)CCc2ccsc2)(N(C)C)CC1. The van der Waals surface area contributed by atoms with Gasteiger partial charge >= 0.3 is 0 Å². The summed E-state index contributed by atoms with van der Waals surface area (Å²) in [5.41, 5.74) is 1.37. The lowest BCUT2D eigenvalue weighted by atomic mass is 9.72. The minimum atomic E-state index is -0.213. The van der Waals surface area contributed by atoms with Gasteiger partial charge in [0.1, 0.15) is 0 Å². The summed E-state index contributed by atoms with van der Waals surface area (Å²) >= 11 is 1.74. The van der Waals surface area contributed by atoms with Gasteiger partial charge in [0.2, 0.25) is 0 Å². The molecule has 1 N–H and O–H groups in total. The van der Waals surface area contributed by atoms with Gasteiger partial charge in [0, 0.05) is 5.54 Å². The first-order chi connectivity index (χ1) is 9.04. The van der Waals surface area contributed by atoms with Crippen LogP contribution in [0.1, 0.15) is 44.6 Å². The minimum absolute atomic E-state index is 0.00251. The Kier molecular flexibility index (Phi) is 5.04. The van der Waals surface area contributed by atoms with Crippen molar-refractivity contribution >= 4 is 11.3 Å². The third-order valence-corrected chi connectivity index (χ3v) is 5.67. The second-order valence-corrected chi connectivity index (χ2v) is 7.15. The highest BCUT2D eigenvalue weighted by Crippen LogP contribution is 2.39. The van der Waals surface area contributed by atoms with E-state index in [1.54, 1.807) is 11.3 Å². The van der Waals surface area contributed by atoms with E-state index in [1.165, 1.54) is 18.4 Å². The van der Waals surface area contributed by atoms with Gasteiger partial charge in [-0.25, -0.2) is 0 Å². The van der Waals surface area contributed by atoms with Crippen LogP contribution in [0.5, 0.6) is 0 Å². The van der Waals surface area contributed by atoms with E-state index in [0.717, 1.165) is 31.6 Å². The number of aryl methyl sites for hydroxylation is 1. The van der Waals surface area contributed by atoms with Gasteiger partial charge in [-0.3, -0.25) is 0 Å². The molecule has 0 radical (unpaired) electrons. The molecule has 0 aromatic carbocycles. The number of thiophene rings is 1. The summed E-state index contributed by atoms with van der Waals surface area (Å²) in [5.74, 6) is 0.817. The Bertz CT molecular complexity index is 366. The predicted octanol–water partition coefficient (Wildman–Crippen LogP) is 3.55. The molecule has 0 amide bonds. The Balaban J connectivity index is 1.98. The highest BCUT2D eigenvalue weighted by molar-refractivity contribution is 7.07. The molecule has 3 heteroatoms. The van der Waals surface area contributed by atoms with Crippen molar-refractivity contribution in [3.63, 3.8) is 0 Å². The van der Waals surface area contributed by atoms with E-state index < -0.39 is 0 Å². The summed E-state index contributed by atoms with van der Waals surface area (Å²) < 4.78 is 0. The number of rotatable bonds is 5. The molecule has 1 aliphatic carbocycles. The predicted molar refractivity (Wildman–Crippen MR) is 82.7 cm³/mol. The van der Waals surface area contributed by atoms with Gasteiger partial charge in [-0.05, 0) is 80.9 Å². The molecule has 1 aromatic heterocycles. The van der Waals surface area contributed by atoms with Crippen molar-refractivity contribution in [1.29, 1.82) is 0 Å². The Morgan fingerprint density at radius 3 is 2.63 bits per heavy atom. The number of hydrogen-bond donors (Lipinski definition) is 1. The molecule has 0 spiro atoms. The molecule has 1 unspecified atom stereocenters. The van der Waals surface area contributed by atoms with E-state index in [2.05, 4.69) is 42.7 Å². The molecule has 1 aromatic rings. The summed E-state index contributed by atoms with van der Waals surface area (Å²) in [6.45, 7) is 2.33. The average molecular weight is 281 g/mol. The molecule has 1 saturated carbocycles. The molecule has 1 fully saturated rings. The Labute approximate surface area is 121 Å². The molecular weight excluding hydrogens is 254 g/mol. The van der Waals surface area contributed by atoms with Crippen LogP contribution in [0.15, 0.2) is 16.8 Å². The Morgan fingerprint density at radius 1 is 1.42 bits per heavy atom. The van der Waals surface area contributed by atoms with Gasteiger partial charge in [-0.2, -0.15) is 11.3 Å². The van der Waals surface area contributed by atoms with Crippen molar-refractivity contribution in [2.75, 3.05) is 14.1 Å². The summed E-state index contributed by atoms with van der Waals surface area (Å²) in [6, 6.07) is 2.17. The van der Waals surface area contributed by atoms with E-state index in [0.29, 0.717) is 0 Å². The van der Waals surface area contributed by atoms with Crippen molar-refractivity contribution in [1.82, 2.24) is 4.90 Å². The normalized spacial score (nSPS) is 29.6. The maximum atomic E-state index is 10.7. The maximum Gasteiger partial charge on any atom is 0.0726 e. The Hall–Kier alpha value is -0.380. The third kappa shape index (κ3) is 3.39. The minimum Gasteiger partial charge on any atom is -0.391 e. The summed E-state index contributed by atoms with van der Waals surface area (Å²) in [7, 11) is 4.26. The van der Waals surface area contributed by atoms with Gasteiger partial charge in [-0.1, -0.05) is 6.92 Å². The summed E-state index contributed by atoms with van der Waals surface area (Å²) in [4.78, 5) is 2.27. The zero-order valence-electron chi connectivity index (χ0n) is 12.4. The van der Waals surface area contributed by atoms with Gasteiger partial charge in [0.05, 0.1) is 6.10 Å². The second kappa shape index (κ2) is 6.38. The lowest BCUT2D eigenvalue weighted by molar-refractivity contribution is -0.0422. The smallest absolute Gasteiger partial charge is 0.0726 e. The fourth-order valence-corrected chi connectivity index (χ4v) is 4.05. The summed E-state index contributed by atoms with van der Waals surface area (Å²) in [5, 5.41) is 15.1. The maximum absolute atomic E-state index is 10.7. The highest BCUT2D eigenvalue weighted by Gasteiger charge is 2.41. The molecule has 2 nitrogen and oxygen atoms in total. The highest BCUT2D eigenvalue weighted by atomic mass is 32.1. The van der Waals surface area contributed by atoms with Gasteiger partial charge in [0.15, 0.2) is 0 Å². The lowest BCUT2D eigenvalue weighted by Crippen LogP contribution is -2.55. The quantitative estimate of drug-likeness (QED) is 0.892. The zero-order chi connectivity index (χ0) is 13.9. The van der Waals surface area contributed by atoms with Crippen molar-refractivity contribution < 1.29 is 5.11 Å². The fourth-order valence-electron chi connectivity index (χ4n) is 3.35. The van der Waals surface area contributed by atoms with Gasteiger partial charge in [-0.15, -0.1) is 0 Å². The summed E-state index contributed by atoms with van der Waals surface area (Å²) in [6.07, 6.45) is 6.41. The van der Waals surface area contributed by atoms with Crippen molar-refractivity contribution in [3.8, 4) is 0 Å². The van der Waals surface area contributed by atoms with Gasteiger partial charge < -0.3 is 10.0 Å². The van der Waals surface area contributed by atoms with Crippen LogP contribution in [0.3, 0.4) is 0 Å². The monoisotopic (exact) mass is 281 g/mol. The van der Waals surface area contributed by atoms with Crippen LogP contribution in [0.2, 0.25) is 0 Å². The lowest BCUT2D eigenvalue weighted by Gasteiger charge is -2.47. The first-order valence-corrected chi connectivity index (χ1v) is 8.35. The molecule has 1 aliphatic rings. The first kappa shape index (κ1) is 15.0. The van der Waals surface area contributed by atoms with Crippen LogP contribution >= 0.6 is 11.3 Å². The third-order valence-electron chi connectivity index (χ3n) is 4.94. The van der Waals surface area contributed by atoms with Crippen LogP contribution in [0.4, 0.5) is 0 Å². The second-order valence-electron chi connectivity index (χ2n) is 6.37. The topological polar surface area (TPSA) is 23.5 Å². The molecule has 0 aliphatic heterocycles. The van der Waals surface area contributed by atoms with Crippen LogP contribution in [-0.2, 0) is 6.42 Å². The van der Waals surface area contributed by atoms with E-state index in [4.69, 9.17) is 0 Å². The number of likely N-dealkylation sites (N-methyl/N-ethyl adjacent to an activating group) is 1. The van der Waals surface area contributed by atoms with Crippen LogP contribution < -0.4 is 0 Å². The molecule has 108 valence electrons. The largest absolute Gasteiger partial charge is 0.391 e. The molecule has 2 rings (SSSR count). The van der Waals surface area contributed by atoms with Crippen LogP contribution in [0.25, 0.3) is 0 Å². The molecule has 0 saturated heterocycles. The molecular formula is C16H27NOS. The number of nitrogens with zero attached hydrogens (tertiary/aromatic N) is 1. The van der Waals surface area contributed by atoms with Crippen molar-refractivity contribution in [2.24, 2.45) is 5.92 Å². The number of hydrogen-bond acceptors (Lipinski definition) is 3. The zero-order valence-corrected chi connectivity index (χ0v) is 13.2. The number of aliphatic hydroxyl groups is 1. The molecule has 1 heterocycles.